The lowest BCUT2D eigenvalue weighted by Gasteiger charge is -2.12. The molecule has 0 aliphatic heterocycles. The molecule has 0 atom stereocenters. The van der Waals surface area contributed by atoms with E-state index in [1.807, 2.05) is 0 Å². The van der Waals surface area contributed by atoms with Gasteiger partial charge in [-0.1, -0.05) is 13.3 Å². The van der Waals surface area contributed by atoms with Gasteiger partial charge in [-0.05, 0) is 6.42 Å². The lowest BCUT2D eigenvalue weighted by Crippen LogP contribution is -2.37. The summed E-state index contributed by atoms with van der Waals surface area (Å²) in [5.41, 5.74) is 7.88. The monoisotopic (exact) mass is 146 g/mol. The first-order valence-corrected chi connectivity index (χ1v) is 3.39. The van der Waals surface area contributed by atoms with Crippen molar-refractivity contribution in [2.75, 3.05) is 13.2 Å². The minimum absolute atomic E-state index is 0.118. The molecule has 0 saturated carbocycles. The summed E-state index contributed by atoms with van der Waals surface area (Å²) < 4.78 is 0. The molecular formula is C5H14N4O. The summed E-state index contributed by atoms with van der Waals surface area (Å²) in [6.45, 7) is 2.94. The molecule has 0 saturated heterocycles. The van der Waals surface area contributed by atoms with Crippen LogP contribution in [0.1, 0.15) is 19.8 Å². The molecule has 5 heteroatoms. The molecule has 0 aromatic rings. The van der Waals surface area contributed by atoms with E-state index in [0.29, 0.717) is 0 Å². The Bertz CT molecular complexity index is 87.7. The Labute approximate surface area is 60.5 Å². The van der Waals surface area contributed by atoms with Crippen LogP contribution in [0.2, 0.25) is 0 Å². The van der Waals surface area contributed by atoms with Crippen LogP contribution in [-0.2, 0) is 0 Å². The fraction of sp³-hybridized carbons (Fsp3) is 1.00. The SMILES string of the molecule is CCCCNN(CN)N=O. The predicted molar refractivity (Wildman–Crippen MR) is 39.6 cm³/mol. The molecule has 0 bridgehead atoms. The zero-order valence-electron chi connectivity index (χ0n) is 6.21. The molecule has 0 fully saturated rings. The van der Waals surface area contributed by atoms with Gasteiger partial charge in [-0.15, -0.1) is 4.91 Å². The maximum absolute atomic E-state index is 9.86. The highest BCUT2D eigenvalue weighted by Gasteiger charge is 1.94. The van der Waals surface area contributed by atoms with Gasteiger partial charge in [0.1, 0.15) is 6.67 Å². The standard InChI is InChI=1S/C5H14N4O/c1-2-3-4-7-9(5-6)8-10/h7H,2-6H2,1H3. The number of rotatable bonds is 6. The van der Waals surface area contributed by atoms with Crippen molar-refractivity contribution >= 4 is 0 Å². The fourth-order valence-corrected chi connectivity index (χ4v) is 0.512. The molecule has 10 heavy (non-hydrogen) atoms. The van der Waals surface area contributed by atoms with Gasteiger partial charge in [0.05, 0.1) is 5.29 Å². The topological polar surface area (TPSA) is 70.7 Å². The summed E-state index contributed by atoms with van der Waals surface area (Å²) in [5.74, 6) is 0. The van der Waals surface area contributed by atoms with Gasteiger partial charge in [-0.3, -0.25) is 0 Å². The molecule has 0 spiro atoms. The van der Waals surface area contributed by atoms with Crippen molar-refractivity contribution in [3.63, 3.8) is 0 Å². The van der Waals surface area contributed by atoms with Crippen molar-refractivity contribution in [1.82, 2.24) is 10.5 Å². The Hall–Kier alpha value is -0.680. The molecule has 0 rings (SSSR count). The average Bonchev–Trinajstić information content (AvgIpc) is 1.99. The highest BCUT2D eigenvalue weighted by molar-refractivity contribution is 4.41. The van der Waals surface area contributed by atoms with Gasteiger partial charge in [0.25, 0.3) is 0 Å². The van der Waals surface area contributed by atoms with Gasteiger partial charge in [0, 0.05) is 6.54 Å². The highest BCUT2D eigenvalue weighted by atomic mass is 16.3. The molecular weight excluding hydrogens is 132 g/mol. The van der Waals surface area contributed by atoms with E-state index in [-0.39, 0.29) is 6.67 Å². The van der Waals surface area contributed by atoms with Crippen molar-refractivity contribution < 1.29 is 0 Å². The van der Waals surface area contributed by atoms with Crippen LogP contribution in [-0.4, -0.2) is 18.3 Å². The van der Waals surface area contributed by atoms with Gasteiger partial charge in [-0.2, -0.15) is 5.12 Å². The number of hydrogen-bond donors (Lipinski definition) is 2. The molecule has 0 aromatic carbocycles. The Morgan fingerprint density at radius 3 is 2.80 bits per heavy atom. The van der Waals surface area contributed by atoms with Crippen LogP contribution in [0, 0.1) is 4.91 Å². The second kappa shape index (κ2) is 6.44. The first-order chi connectivity index (χ1) is 4.85. The van der Waals surface area contributed by atoms with Crippen molar-refractivity contribution in [1.29, 1.82) is 0 Å². The van der Waals surface area contributed by atoms with Gasteiger partial charge >= 0.3 is 0 Å². The normalized spacial score (nSPS) is 9.40. The molecule has 0 aliphatic rings. The Morgan fingerprint density at radius 2 is 2.40 bits per heavy atom. The first-order valence-electron chi connectivity index (χ1n) is 3.39. The molecule has 0 radical (unpaired) electrons. The number of hydrazine groups is 1. The summed E-state index contributed by atoms with van der Waals surface area (Å²) in [6.07, 6.45) is 2.11. The number of unbranched alkanes of at least 4 members (excludes halogenated alkanes) is 1. The van der Waals surface area contributed by atoms with Crippen LogP contribution < -0.4 is 11.2 Å². The maximum atomic E-state index is 9.86. The van der Waals surface area contributed by atoms with Crippen LogP contribution in [0.5, 0.6) is 0 Å². The van der Waals surface area contributed by atoms with Crippen molar-refractivity contribution in [2.45, 2.75) is 19.8 Å². The number of nitroso groups, excluding NO2 is 1. The second-order valence-corrected chi connectivity index (χ2v) is 1.93. The van der Waals surface area contributed by atoms with Gasteiger partial charge in [0.2, 0.25) is 0 Å². The summed E-state index contributed by atoms with van der Waals surface area (Å²) in [5, 5.41) is 3.70. The fourth-order valence-electron chi connectivity index (χ4n) is 0.512. The molecule has 0 aromatic heterocycles. The zero-order chi connectivity index (χ0) is 7.82. The summed E-state index contributed by atoms with van der Waals surface area (Å²) in [7, 11) is 0. The van der Waals surface area contributed by atoms with Crippen LogP contribution in [0.15, 0.2) is 5.29 Å². The second-order valence-electron chi connectivity index (χ2n) is 1.93. The zero-order valence-corrected chi connectivity index (χ0v) is 6.21. The van der Waals surface area contributed by atoms with Crippen molar-refractivity contribution in [2.24, 2.45) is 11.0 Å². The van der Waals surface area contributed by atoms with Gasteiger partial charge in [0.15, 0.2) is 0 Å². The Balaban J connectivity index is 3.17. The maximum Gasteiger partial charge on any atom is 0.104 e. The lowest BCUT2D eigenvalue weighted by atomic mass is 10.3. The molecule has 0 aliphatic carbocycles. The van der Waals surface area contributed by atoms with Gasteiger partial charge in [-0.25, -0.2) is 5.43 Å². The Kier molecular flexibility index (Phi) is 6.00. The summed E-state index contributed by atoms with van der Waals surface area (Å²) in [4.78, 5) is 9.86. The van der Waals surface area contributed by atoms with Crippen LogP contribution in [0.25, 0.3) is 0 Å². The van der Waals surface area contributed by atoms with E-state index in [1.165, 1.54) is 0 Å². The first kappa shape index (κ1) is 9.32. The van der Waals surface area contributed by atoms with E-state index in [2.05, 4.69) is 17.6 Å². The minimum Gasteiger partial charge on any atom is -0.311 e. The van der Waals surface area contributed by atoms with Crippen molar-refractivity contribution in [3.8, 4) is 0 Å². The summed E-state index contributed by atoms with van der Waals surface area (Å²) in [6, 6.07) is 0. The number of nitrogens with one attached hydrogen (secondary N) is 1. The summed E-state index contributed by atoms with van der Waals surface area (Å²) >= 11 is 0. The number of nitrogens with zero attached hydrogens (tertiary/aromatic N) is 2. The smallest absolute Gasteiger partial charge is 0.104 e. The number of nitrogens with two attached hydrogens (primary N) is 1. The third kappa shape index (κ3) is 4.22. The van der Waals surface area contributed by atoms with E-state index in [0.717, 1.165) is 24.5 Å². The van der Waals surface area contributed by atoms with Crippen LogP contribution in [0.3, 0.4) is 0 Å². The highest BCUT2D eigenvalue weighted by Crippen LogP contribution is 1.84. The third-order valence-electron chi connectivity index (χ3n) is 1.10. The van der Waals surface area contributed by atoms with E-state index in [4.69, 9.17) is 5.73 Å². The molecule has 60 valence electrons. The molecule has 0 amide bonds. The van der Waals surface area contributed by atoms with E-state index >= 15 is 0 Å². The molecule has 0 unspecified atom stereocenters. The minimum atomic E-state index is 0.118. The lowest BCUT2D eigenvalue weighted by molar-refractivity contribution is 0.197. The quantitative estimate of drug-likeness (QED) is 0.243. The largest absolute Gasteiger partial charge is 0.311 e. The molecule has 5 nitrogen and oxygen atoms in total. The van der Waals surface area contributed by atoms with E-state index in [9.17, 15) is 4.91 Å². The third-order valence-corrected chi connectivity index (χ3v) is 1.10. The van der Waals surface area contributed by atoms with Gasteiger partial charge < -0.3 is 5.73 Å². The Morgan fingerprint density at radius 1 is 1.70 bits per heavy atom. The average molecular weight is 146 g/mol. The van der Waals surface area contributed by atoms with Crippen LogP contribution >= 0.6 is 0 Å². The number of hydrogen-bond acceptors (Lipinski definition) is 4. The van der Waals surface area contributed by atoms with E-state index < -0.39 is 0 Å². The van der Waals surface area contributed by atoms with Crippen LogP contribution in [0.4, 0.5) is 0 Å². The molecule has 3 N–H and O–H groups in total. The molecule has 0 heterocycles. The van der Waals surface area contributed by atoms with E-state index in [1.54, 1.807) is 0 Å². The predicted octanol–water partition coefficient (Wildman–Crippen LogP) is 0.191. The van der Waals surface area contributed by atoms with Crippen molar-refractivity contribution in [3.05, 3.63) is 4.91 Å².